The van der Waals surface area contributed by atoms with Gasteiger partial charge in [0.15, 0.2) is 11.6 Å². The van der Waals surface area contributed by atoms with Crippen molar-refractivity contribution in [3.8, 4) is 5.75 Å². The van der Waals surface area contributed by atoms with Crippen molar-refractivity contribution >= 4 is 45.6 Å². The molecule has 6 nitrogen and oxygen atoms in total. The van der Waals surface area contributed by atoms with Gasteiger partial charge in [0.2, 0.25) is 5.90 Å². The Morgan fingerprint density at radius 1 is 1.02 bits per heavy atom. The number of aliphatic hydroxyl groups is 1. The molecule has 0 unspecified atom stereocenters. The topological polar surface area (TPSA) is 80.2 Å². The lowest BCUT2D eigenvalue weighted by Gasteiger charge is -2.30. The molecule has 9 heteroatoms. The number of aliphatic imine (C=N–C) groups is 1. The number of hydrogen-bond acceptors (Lipinski definition) is 6. The quantitative estimate of drug-likeness (QED) is 0.124. The van der Waals surface area contributed by atoms with Crippen molar-refractivity contribution in [2.45, 2.75) is 30.2 Å². The molecule has 0 fully saturated rings. The maximum Gasteiger partial charge on any atom is 0.252 e. The zero-order valence-electron chi connectivity index (χ0n) is 25.3. The van der Waals surface area contributed by atoms with Crippen molar-refractivity contribution in [1.29, 1.82) is 0 Å². The van der Waals surface area contributed by atoms with E-state index < -0.39 is 11.6 Å². The smallest absolute Gasteiger partial charge is 0.252 e. The molecule has 2 atom stereocenters. The molecule has 1 heterocycles. The molecular weight excluding hydrogens is 667 g/mol. The highest BCUT2D eigenvalue weighted by atomic mass is 79.9. The van der Waals surface area contributed by atoms with Crippen LogP contribution in [-0.4, -0.2) is 48.0 Å². The van der Waals surface area contributed by atoms with Crippen molar-refractivity contribution in [3.63, 3.8) is 0 Å². The Kier molecular flexibility index (Phi) is 12.1. The molecule has 0 radical (unpaired) electrons. The zero-order valence-corrected chi connectivity index (χ0v) is 27.7. The van der Waals surface area contributed by atoms with Gasteiger partial charge in [0.25, 0.3) is 5.91 Å². The largest absolute Gasteiger partial charge is 0.494 e. The van der Waals surface area contributed by atoms with Crippen LogP contribution in [-0.2, 0) is 15.3 Å². The summed E-state index contributed by atoms with van der Waals surface area (Å²) in [5.74, 6) is 1.95. The van der Waals surface area contributed by atoms with Gasteiger partial charge >= 0.3 is 0 Å². The molecule has 1 aliphatic heterocycles. The van der Waals surface area contributed by atoms with Gasteiger partial charge in [-0.1, -0.05) is 88.7 Å². The summed E-state index contributed by atoms with van der Waals surface area (Å²) in [5, 5.41) is 12.2. The number of ether oxygens (including phenoxy) is 2. The molecule has 238 valence electrons. The molecule has 0 spiro atoms. The summed E-state index contributed by atoms with van der Waals surface area (Å²) in [6.45, 7) is 0.911. The van der Waals surface area contributed by atoms with Crippen LogP contribution in [0.1, 0.15) is 41.2 Å². The molecule has 0 saturated heterocycles. The van der Waals surface area contributed by atoms with E-state index in [0.717, 1.165) is 26.7 Å². The first kappa shape index (κ1) is 33.4. The van der Waals surface area contributed by atoms with Crippen molar-refractivity contribution in [1.82, 2.24) is 5.32 Å². The Morgan fingerprint density at radius 3 is 2.50 bits per heavy atom. The summed E-state index contributed by atoms with van der Waals surface area (Å²) in [6.07, 6.45) is 4.12. The highest BCUT2D eigenvalue weighted by molar-refractivity contribution is 9.10. The first-order valence-electron chi connectivity index (χ1n) is 15.2. The molecule has 46 heavy (non-hydrogen) atoms. The number of carbonyl (C=O) groups excluding carboxylic acids is 1. The Balaban J connectivity index is 1.42. The molecule has 0 aromatic heterocycles. The Labute approximate surface area is 281 Å². The number of halogens is 2. The van der Waals surface area contributed by atoms with Crippen LogP contribution in [0.15, 0.2) is 119 Å². The highest BCUT2D eigenvalue weighted by Gasteiger charge is 2.53. The monoisotopic (exact) mass is 702 g/mol. The van der Waals surface area contributed by atoms with E-state index in [1.54, 1.807) is 23.9 Å². The zero-order chi connectivity index (χ0) is 32.2. The van der Waals surface area contributed by atoms with Gasteiger partial charge in [0.05, 0.1) is 6.61 Å². The number of amides is 1. The lowest BCUT2D eigenvalue weighted by molar-refractivity contribution is -0.128. The van der Waals surface area contributed by atoms with Gasteiger partial charge in [-0.05, 0) is 53.6 Å². The fourth-order valence-corrected chi connectivity index (χ4v) is 6.39. The van der Waals surface area contributed by atoms with Crippen molar-refractivity contribution < 1.29 is 23.8 Å². The third kappa shape index (κ3) is 8.66. The minimum absolute atomic E-state index is 0.0645. The number of aliphatic hydroxyl groups excluding tert-OH is 1. The van der Waals surface area contributed by atoms with E-state index in [2.05, 4.69) is 21.2 Å². The van der Waals surface area contributed by atoms with Crippen LogP contribution in [0.4, 0.5) is 4.39 Å². The fraction of sp³-hybridized carbons (Fsp3) is 0.243. The summed E-state index contributed by atoms with van der Waals surface area (Å²) < 4.78 is 26.4. The third-order valence-corrected chi connectivity index (χ3v) is 9.22. The maximum atomic E-state index is 14.3. The maximum absolute atomic E-state index is 14.3. The van der Waals surface area contributed by atoms with Crippen LogP contribution in [0, 0.1) is 5.82 Å². The Bertz CT molecular complexity index is 1630. The van der Waals surface area contributed by atoms with Gasteiger partial charge in [-0.2, -0.15) is 11.8 Å². The van der Waals surface area contributed by atoms with Crippen LogP contribution in [0.5, 0.6) is 5.75 Å². The van der Waals surface area contributed by atoms with Crippen molar-refractivity contribution in [3.05, 3.63) is 142 Å². The molecule has 0 bridgehead atoms. The van der Waals surface area contributed by atoms with Gasteiger partial charge in [-0.25, -0.2) is 9.38 Å². The van der Waals surface area contributed by atoms with E-state index in [-0.39, 0.29) is 18.3 Å². The Morgan fingerprint density at radius 2 is 1.76 bits per heavy atom. The molecule has 1 amide bonds. The minimum Gasteiger partial charge on any atom is -0.494 e. The first-order valence-corrected chi connectivity index (χ1v) is 17.1. The van der Waals surface area contributed by atoms with Gasteiger partial charge in [0, 0.05) is 53.1 Å². The van der Waals surface area contributed by atoms with Crippen LogP contribution >= 0.6 is 27.7 Å². The van der Waals surface area contributed by atoms with Crippen molar-refractivity contribution in [2.24, 2.45) is 4.99 Å². The van der Waals surface area contributed by atoms with E-state index in [4.69, 9.17) is 19.6 Å². The van der Waals surface area contributed by atoms with E-state index in [1.165, 1.54) is 12.1 Å². The lowest BCUT2D eigenvalue weighted by atomic mass is 9.84. The van der Waals surface area contributed by atoms with Gasteiger partial charge in [-0.3, -0.25) is 4.79 Å². The van der Waals surface area contributed by atoms with Gasteiger partial charge < -0.3 is 19.9 Å². The molecular formula is C37H36BrFN2O4S. The average molecular weight is 704 g/mol. The predicted octanol–water partition coefficient (Wildman–Crippen LogP) is 7.76. The third-order valence-electron chi connectivity index (χ3n) is 7.47. The Hall–Kier alpha value is -3.92. The van der Waals surface area contributed by atoms with Gasteiger partial charge in [-0.15, -0.1) is 0 Å². The SMILES string of the molecule is O=C(NCCSCc1ccc(F)cc1)[C@]1(C/C=C/c2ccccc2)N=C(c2ccc(OCCCO)cc2)O[C@@H]1c1ccccc1Br. The summed E-state index contributed by atoms with van der Waals surface area (Å²) in [6, 6.07) is 31.5. The number of nitrogens with zero attached hydrogens (tertiary/aromatic N) is 1. The van der Waals surface area contributed by atoms with Crippen LogP contribution < -0.4 is 10.1 Å². The number of carbonyl (C=O) groups is 1. The molecule has 0 saturated carbocycles. The number of hydrogen-bond donors (Lipinski definition) is 2. The predicted molar refractivity (Wildman–Crippen MR) is 187 cm³/mol. The summed E-state index contributed by atoms with van der Waals surface area (Å²) in [4.78, 5) is 19.4. The average Bonchev–Trinajstić information content (AvgIpc) is 3.47. The molecule has 4 aromatic rings. The second-order valence-electron chi connectivity index (χ2n) is 10.8. The molecule has 4 aromatic carbocycles. The summed E-state index contributed by atoms with van der Waals surface area (Å²) >= 11 is 5.35. The first-order chi connectivity index (χ1) is 22.5. The number of rotatable bonds is 15. The van der Waals surface area contributed by atoms with E-state index in [0.29, 0.717) is 49.1 Å². The van der Waals surface area contributed by atoms with Crippen LogP contribution in [0.2, 0.25) is 0 Å². The van der Waals surface area contributed by atoms with Crippen LogP contribution in [0.25, 0.3) is 6.08 Å². The standard InChI is InChI=1S/C37H36BrFN2O4S/c38-33-12-5-4-11-32(33)34-37(21-6-10-27-8-2-1-3-9-27,36(43)40-22-25-46-26-28-13-17-30(39)18-14-28)41-35(45-34)29-15-19-31(20-16-29)44-24-7-23-42/h1-6,8-20,34,42H,7,21-26H2,(H,40,43)/b10-6+/t34-,37-/m1/s1. The number of benzene rings is 4. The van der Waals surface area contributed by atoms with Gasteiger partial charge in [0.1, 0.15) is 11.6 Å². The summed E-state index contributed by atoms with van der Waals surface area (Å²) in [5.41, 5.74) is 2.30. The molecule has 0 aliphatic carbocycles. The minimum atomic E-state index is -1.29. The second kappa shape index (κ2) is 16.6. The number of thioether (sulfide) groups is 1. The van der Waals surface area contributed by atoms with E-state index in [9.17, 15) is 9.18 Å². The van der Waals surface area contributed by atoms with Crippen LogP contribution in [0.3, 0.4) is 0 Å². The second-order valence-corrected chi connectivity index (χ2v) is 12.7. The lowest BCUT2D eigenvalue weighted by Crippen LogP contribution is -2.48. The molecule has 1 aliphatic rings. The van der Waals surface area contributed by atoms with Crippen molar-refractivity contribution in [2.75, 3.05) is 25.5 Å². The molecule has 5 rings (SSSR count). The number of nitrogens with one attached hydrogen (secondary N) is 1. The molecule has 2 N–H and O–H groups in total. The normalized spacial score (nSPS) is 17.5. The van der Waals surface area contributed by atoms with E-state index >= 15 is 0 Å². The summed E-state index contributed by atoms with van der Waals surface area (Å²) in [7, 11) is 0. The van der Waals surface area contributed by atoms with E-state index in [1.807, 2.05) is 91.0 Å². The fourth-order valence-electron chi connectivity index (χ4n) is 5.08. The highest BCUT2D eigenvalue weighted by Crippen LogP contribution is 2.45.